The van der Waals surface area contributed by atoms with Crippen molar-refractivity contribution in [1.29, 1.82) is 0 Å². The highest BCUT2D eigenvalue weighted by Gasteiger charge is 2.24. The van der Waals surface area contributed by atoms with Crippen molar-refractivity contribution >= 4 is 11.9 Å². The summed E-state index contributed by atoms with van der Waals surface area (Å²) in [5.41, 5.74) is 0. The van der Waals surface area contributed by atoms with Gasteiger partial charge in [0.1, 0.15) is 6.10 Å². The van der Waals surface area contributed by atoms with Crippen LogP contribution in [0.1, 0.15) is 278 Å². The molecule has 0 rings (SSSR count). The number of rotatable bonds is 45. The normalized spacial score (nSPS) is 13.2. The zero-order valence-corrected chi connectivity index (χ0v) is 37.3. The summed E-state index contributed by atoms with van der Waals surface area (Å²) >= 11 is 0. The third-order valence-electron chi connectivity index (χ3n) is 11.7. The van der Waals surface area contributed by atoms with Crippen molar-refractivity contribution in [2.24, 2.45) is 0 Å². The molecule has 0 fully saturated rings. The molecule has 3 atom stereocenters. The molecular formula is C49H97NO5. The second-order valence-electron chi connectivity index (χ2n) is 17.2. The van der Waals surface area contributed by atoms with E-state index in [1.54, 1.807) is 0 Å². The van der Waals surface area contributed by atoms with Gasteiger partial charge in [-0.05, 0) is 25.7 Å². The average Bonchev–Trinajstić information content (AvgIpc) is 3.18. The maximum Gasteiger partial charge on any atom is 0.306 e. The number of hydrogen-bond donors (Lipinski definition) is 3. The minimum atomic E-state index is -0.777. The summed E-state index contributed by atoms with van der Waals surface area (Å²) in [5.74, 6) is -0.457. The lowest BCUT2D eigenvalue weighted by atomic mass is 10.0. The lowest BCUT2D eigenvalue weighted by molar-refractivity contribution is -0.151. The van der Waals surface area contributed by atoms with E-state index in [0.717, 1.165) is 38.5 Å². The first-order valence-electron chi connectivity index (χ1n) is 24.8. The fourth-order valence-corrected chi connectivity index (χ4v) is 7.90. The Kier molecular flexibility index (Phi) is 43.1. The van der Waals surface area contributed by atoms with E-state index in [1.807, 2.05) is 0 Å². The summed E-state index contributed by atoms with van der Waals surface area (Å²) in [6.07, 6.45) is 46.0. The van der Waals surface area contributed by atoms with Crippen LogP contribution in [0.3, 0.4) is 0 Å². The Bertz CT molecular complexity index is 791. The minimum absolute atomic E-state index is 0.0863. The lowest BCUT2D eigenvalue weighted by Crippen LogP contribution is -2.46. The first kappa shape index (κ1) is 53.9. The predicted octanol–water partition coefficient (Wildman–Crippen LogP) is 14.4. The van der Waals surface area contributed by atoms with Crippen LogP contribution >= 0.6 is 0 Å². The first-order chi connectivity index (χ1) is 27.0. The summed E-state index contributed by atoms with van der Waals surface area (Å²) in [7, 11) is 0. The van der Waals surface area contributed by atoms with Gasteiger partial charge in [0.05, 0.1) is 25.2 Å². The summed E-state index contributed by atoms with van der Waals surface area (Å²) in [6.45, 7) is 6.48. The number of aliphatic hydroxyl groups excluding tert-OH is 2. The number of amides is 1. The molecule has 1 amide bonds. The number of ether oxygens (including phenoxy) is 1. The summed E-state index contributed by atoms with van der Waals surface area (Å²) in [6, 6.07) is -0.690. The van der Waals surface area contributed by atoms with Crippen molar-refractivity contribution in [2.45, 2.75) is 296 Å². The quantitative estimate of drug-likeness (QED) is 0.0422. The van der Waals surface area contributed by atoms with E-state index in [1.165, 1.54) is 193 Å². The smallest absolute Gasteiger partial charge is 0.306 e. The fourth-order valence-electron chi connectivity index (χ4n) is 7.90. The van der Waals surface area contributed by atoms with Gasteiger partial charge in [-0.25, -0.2) is 0 Å². The van der Waals surface area contributed by atoms with Crippen LogP contribution in [-0.4, -0.2) is 46.9 Å². The molecule has 0 spiro atoms. The Morgan fingerprint density at radius 2 is 0.764 bits per heavy atom. The number of hydrogen-bond acceptors (Lipinski definition) is 5. The maximum absolute atomic E-state index is 13.1. The average molecular weight is 780 g/mol. The molecule has 3 N–H and O–H groups in total. The second-order valence-corrected chi connectivity index (χ2v) is 17.2. The van der Waals surface area contributed by atoms with Gasteiger partial charge in [0, 0.05) is 6.42 Å². The summed E-state index contributed by atoms with van der Waals surface area (Å²) < 4.78 is 5.90. The standard InChI is InChI=1S/C49H97NO5/c1-4-7-10-13-16-19-21-23-24-25-26-28-30-33-36-39-42-49(54)55-45(40-37-34-31-18-15-12-9-6-3)43-48(53)50-46(44-51)47(52)41-38-35-32-29-27-22-20-17-14-11-8-5-2/h45-47,51-52H,4-44H2,1-3H3,(H,50,53). The van der Waals surface area contributed by atoms with Crippen LogP contribution in [0.4, 0.5) is 0 Å². The van der Waals surface area contributed by atoms with Crippen LogP contribution in [0.15, 0.2) is 0 Å². The van der Waals surface area contributed by atoms with E-state index in [4.69, 9.17) is 4.74 Å². The van der Waals surface area contributed by atoms with Crippen LogP contribution in [-0.2, 0) is 14.3 Å². The Labute approximate surface area is 343 Å². The van der Waals surface area contributed by atoms with Crippen molar-refractivity contribution in [2.75, 3.05) is 6.61 Å². The molecule has 6 nitrogen and oxygen atoms in total. The zero-order chi connectivity index (χ0) is 40.3. The Hall–Kier alpha value is -1.14. The molecule has 0 heterocycles. The molecule has 6 heteroatoms. The molecule has 0 radical (unpaired) electrons. The molecule has 0 bridgehead atoms. The fraction of sp³-hybridized carbons (Fsp3) is 0.959. The predicted molar refractivity (Wildman–Crippen MR) is 237 cm³/mol. The molecule has 328 valence electrons. The van der Waals surface area contributed by atoms with Crippen molar-refractivity contribution in [3.05, 3.63) is 0 Å². The molecule has 55 heavy (non-hydrogen) atoms. The Morgan fingerprint density at radius 3 is 1.11 bits per heavy atom. The van der Waals surface area contributed by atoms with Gasteiger partial charge in [0.25, 0.3) is 0 Å². The third kappa shape index (κ3) is 39.5. The van der Waals surface area contributed by atoms with E-state index < -0.39 is 18.2 Å². The summed E-state index contributed by atoms with van der Waals surface area (Å²) in [4.78, 5) is 26.0. The maximum atomic E-state index is 13.1. The highest BCUT2D eigenvalue weighted by Crippen LogP contribution is 2.18. The monoisotopic (exact) mass is 780 g/mol. The molecule has 0 aromatic rings. The van der Waals surface area contributed by atoms with E-state index in [0.29, 0.717) is 19.3 Å². The van der Waals surface area contributed by atoms with Gasteiger partial charge in [0.15, 0.2) is 0 Å². The molecule has 0 aromatic carbocycles. The largest absolute Gasteiger partial charge is 0.462 e. The van der Waals surface area contributed by atoms with E-state index in [2.05, 4.69) is 26.1 Å². The van der Waals surface area contributed by atoms with Crippen molar-refractivity contribution < 1.29 is 24.5 Å². The molecule has 0 saturated heterocycles. The molecule has 0 aliphatic carbocycles. The van der Waals surface area contributed by atoms with Crippen molar-refractivity contribution in [3.63, 3.8) is 0 Å². The van der Waals surface area contributed by atoms with Gasteiger partial charge in [0.2, 0.25) is 5.91 Å². The van der Waals surface area contributed by atoms with Gasteiger partial charge in [-0.1, -0.05) is 239 Å². The second kappa shape index (κ2) is 44.0. The molecule has 0 saturated carbocycles. The molecule has 0 aliphatic rings. The Balaban J connectivity index is 4.38. The van der Waals surface area contributed by atoms with Crippen LogP contribution in [0.2, 0.25) is 0 Å². The van der Waals surface area contributed by atoms with Crippen LogP contribution in [0, 0.1) is 0 Å². The summed E-state index contributed by atoms with van der Waals surface area (Å²) in [5, 5.41) is 23.7. The van der Waals surface area contributed by atoms with E-state index in [9.17, 15) is 19.8 Å². The number of nitrogens with one attached hydrogen (secondary N) is 1. The topological polar surface area (TPSA) is 95.9 Å². The van der Waals surface area contributed by atoms with Gasteiger partial charge < -0.3 is 20.3 Å². The molecule has 3 unspecified atom stereocenters. The SMILES string of the molecule is CCCCCCCCCCCCCCCCCCC(=O)OC(CCCCCCCCCC)CC(=O)NC(CO)C(O)CCCCCCCCCCCCCC. The number of unbranched alkanes of at least 4 members (excludes halogenated alkanes) is 33. The molecule has 0 aliphatic heterocycles. The van der Waals surface area contributed by atoms with E-state index >= 15 is 0 Å². The molecule has 0 aromatic heterocycles. The van der Waals surface area contributed by atoms with Crippen molar-refractivity contribution in [3.8, 4) is 0 Å². The van der Waals surface area contributed by atoms with Crippen LogP contribution in [0.25, 0.3) is 0 Å². The van der Waals surface area contributed by atoms with Gasteiger partial charge in [-0.2, -0.15) is 0 Å². The van der Waals surface area contributed by atoms with Gasteiger partial charge in [-0.3, -0.25) is 9.59 Å². The number of carbonyl (C=O) groups excluding carboxylic acids is 2. The highest BCUT2D eigenvalue weighted by molar-refractivity contribution is 5.77. The minimum Gasteiger partial charge on any atom is -0.462 e. The number of esters is 1. The van der Waals surface area contributed by atoms with Crippen molar-refractivity contribution in [1.82, 2.24) is 5.32 Å². The van der Waals surface area contributed by atoms with Gasteiger partial charge >= 0.3 is 5.97 Å². The molecular weight excluding hydrogens is 683 g/mol. The van der Waals surface area contributed by atoms with E-state index in [-0.39, 0.29) is 24.9 Å². The zero-order valence-electron chi connectivity index (χ0n) is 37.3. The number of carbonyl (C=O) groups is 2. The Morgan fingerprint density at radius 1 is 0.455 bits per heavy atom. The number of aliphatic hydroxyl groups is 2. The van der Waals surface area contributed by atoms with Crippen LogP contribution in [0.5, 0.6) is 0 Å². The highest BCUT2D eigenvalue weighted by atomic mass is 16.5. The lowest BCUT2D eigenvalue weighted by Gasteiger charge is -2.24. The van der Waals surface area contributed by atoms with Crippen LogP contribution < -0.4 is 5.32 Å². The third-order valence-corrected chi connectivity index (χ3v) is 11.7. The first-order valence-corrected chi connectivity index (χ1v) is 24.8. The van der Waals surface area contributed by atoms with Gasteiger partial charge in [-0.15, -0.1) is 0 Å².